The molecule has 0 amide bonds. The molecule has 0 bridgehead atoms. The van der Waals surface area contributed by atoms with Crippen LogP contribution in [0.4, 0.5) is 11.4 Å². The lowest BCUT2D eigenvalue weighted by Crippen LogP contribution is -1.99. The minimum atomic E-state index is -0.440. The second-order valence-corrected chi connectivity index (χ2v) is 5.09. The first kappa shape index (κ1) is 14.1. The van der Waals surface area contributed by atoms with Gasteiger partial charge in [0.1, 0.15) is 11.8 Å². The predicted octanol–water partition coefficient (Wildman–Crippen LogP) is 3.18. The summed E-state index contributed by atoms with van der Waals surface area (Å²) < 4.78 is 2.18. The number of rotatable bonds is 4. The smallest absolute Gasteiger partial charge is 0.283 e. The van der Waals surface area contributed by atoms with E-state index < -0.39 is 4.92 Å². The molecule has 0 saturated carbocycles. The van der Waals surface area contributed by atoms with Gasteiger partial charge in [-0.3, -0.25) is 10.1 Å². The van der Waals surface area contributed by atoms with Crippen molar-refractivity contribution >= 4 is 27.3 Å². The van der Waals surface area contributed by atoms with Crippen molar-refractivity contribution in [2.45, 2.75) is 6.54 Å². The Morgan fingerprint density at radius 2 is 2.25 bits per heavy atom. The van der Waals surface area contributed by atoms with Crippen LogP contribution < -0.4 is 5.32 Å². The number of aromatic nitrogens is 1. The van der Waals surface area contributed by atoms with E-state index in [2.05, 4.69) is 27.3 Å². The summed E-state index contributed by atoms with van der Waals surface area (Å²) in [5.74, 6) is 0. The van der Waals surface area contributed by atoms with Crippen LogP contribution in [0.5, 0.6) is 0 Å². The Labute approximate surface area is 123 Å². The number of nitriles is 1. The van der Waals surface area contributed by atoms with Crippen molar-refractivity contribution in [1.82, 2.24) is 4.57 Å². The molecule has 0 atom stereocenters. The normalized spacial score (nSPS) is 10.1. The van der Waals surface area contributed by atoms with Gasteiger partial charge in [-0.2, -0.15) is 5.26 Å². The lowest BCUT2D eigenvalue weighted by Gasteiger charge is -2.05. The lowest BCUT2D eigenvalue weighted by molar-refractivity contribution is -0.385. The zero-order valence-electron chi connectivity index (χ0n) is 10.6. The molecule has 1 aromatic heterocycles. The van der Waals surface area contributed by atoms with Gasteiger partial charge in [-0.25, -0.2) is 0 Å². The summed E-state index contributed by atoms with van der Waals surface area (Å²) in [6, 6.07) is 8.65. The van der Waals surface area contributed by atoms with E-state index in [0.717, 1.165) is 11.3 Å². The van der Waals surface area contributed by atoms with E-state index in [1.165, 1.54) is 6.07 Å². The Hall–Kier alpha value is -2.33. The molecule has 0 aliphatic rings. The maximum atomic E-state index is 10.7. The molecule has 20 heavy (non-hydrogen) atoms. The number of hydrogen-bond acceptors (Lipinski definition) is 4. The standard InChI is InChI=1S/C13H11BrN4O2/c1-17-8-9(4-11(17)6-15)7-16-10-2-3-13(18(19)20)12(14)5-10/h2-5,8,16H,7H2,1H3. The van der Waals surface area contributed by atoms with Gasteiger partial charge < -0.3 is 9.88 Å². The van der Waals surface area contributed by atoms with Gasteiger partial charge >= 0.3 is 0 Å². The van der Waals surface area contributed by atoms with Gasteiger partial charge in [-0.1, -0.05) is 0 Å². The average Bonchev–Trinajstić information content (AvgIpc) is 2.76. The number of anilines is 1. The van der Waals surface area contributed by atoms with Crippen LogP contribution in [0.15, 0.2) is 34.9 Å². The minimum absolute atomic E-state index is 0.0297. The molecule has 0 fully saturated rings. The molecule has 6 nitrogen and oxygen atoms in total. The highest BCUT2D eigenvalue weighted by Gasteiger charge is 2.11. The van der Waals surface area contributed by atoms with E-state index in [1.807, 2.05) is 13.2 Å². The zero-order chi connectivity index (χ0) is 14.7. The number of nitro groups is 1. The van der Waals surface area contributed by atoms with E-state index in [9.17, 15) is 10.1 Å². The van der Waals surface area contributed by atoms with Gasteiger partial charge in [0.05, 0.1) is 9.40 Å². The SMILES string of the molecule is Cn1cc(CNc2ccc([N+](=O)[O-])c(Br)c2)cc1C#N. The summed E-state index contributed by atoms with van der Waals surface area (Å²) in [6.45, 7) is 0.541. The first-order chi connectivity index (χ1) is 9.51. The quantitative estimate of drug-likeness (QED) is 0.687. The highest BCUT2D eigenvalue weighted by Crippen LogP contribution is 2.27. The van der Waals surface area contributed by atoms with Gasteiger partial charge in [-0.05, 0) is 39.7 Å². The molecule has 0 radical (unpaired) electrons. The van der Waals surface area contributed by atoms with Crippen LogP contribution >= 0.6 is 15.9 Å². The first-order valence-corrected chi connectivity index (χ1v) is 6.53. The van der Waals surface area contributed by atoms with E-state index in [4.69, 9.17) is 5.26 Å². The lowest BCUT2D eigenvalue weighted by atomic mass is 10.2. The van der Waals surface area contributed by atoms with Crippen LogP contribution in [0.25, 0.3) is 0 Å². The fourth-order valence-electron chi connectivity index (χ4n) is 1.81. The molecule has 2 rings (SSSR count). The van der Waals surface area contributed by atoms with Crippen molar-refractivity contribution in [3.05, 3.63) is 56.3 Å². The van der Waals surface area contributed by atoms with Crippen LogP contribution in [0, 0.1) is 21.4 Å². The molecule has 1 heterocycles. The van der Waals surface area contributed by atoms with Crippen LogP contribution in [0.1, 0.15) is 11.3 Å². The van der Waals surface area contributed by atoms with Gasteiger partial charge in [-0.15, -0.1) is 0 Å². The van der Waals surface area contributed by atoms with Crippen molar-refractivity contribution in [1.29, 1.82) is 5.26 Å². The Morgan fingerprint density at radius 3 is 2.80 bits per heavy atom. The maximum absolute atomic E-state index is 10.7. The highest BCUT2D eigenvalue weighted by molar-refractivity contribution is 9.10. The second-order valence-electron chi connectivity index (χ2n) is 4.23. The monoisotopic (exact) mass is 334 g/mol. The number of nitro benzene ring substituents is 1. The van der Waals surface area contributed by atoms with Gasteiger partial charge in [0, 0.05) is 31.5 Å². The molecular weight excluding hydrogens is 324 g/mol. The van der Waals surface area contributed by atoms with E-state index >= 15 is 0 Å². The van der Waals surface area contributed by atoms with Crippen LogP contribution in [0.2, 0.25) is 0 Å². The Kier molecular flexibility index (Phi) is 4.05. The summed E-state index contributed by atoms with van der Waals surface area (Å²) in [5.41, 5.74) is 2.36. The molecule has 102 valence electrons. The van der Waals surface area contributed by atoms with Crippen molar-refractivity contribution in [2.24, 2.45) is 7.05 Å². The number of benzene rings is 1. The molecule has 0 aliphatic heterocycles. The van der Waals surface area contributed by atoms with E-state index in [0.29, 0.717) is 16.7 Å². The largest absolute Gasteiger partial charge is 0.381 e. The fourth-order valence-corrected chi connectivity index (χ4v) is 2.33. The third-order valence-corrected chi connectivity index (χ3v) is 3.45. The second kappa shape index (κ2) is 5.75. The Bertz CT molecular complexity index is 703. The fraction of sp³-hybridized carbons (Fsp3) is 0.154. The maximum Gasteiger partial charge on any atom is 0.283 e. The summed E-state index contributed by atoms with van der Waals surface area (Å²) in [5, 5.41) is 22.7. The number of nitrogens with one attached hydrogen (secondary N) is 1. The number of aryl methyl sites for hydroxylation is 1. The van der Waals surface area contributed by atoms with Crippen LogP contribution in [-0.4, -0.2) is 9.49 Å². The van der Waals surface area contributed by atoms with Crippen molar-refractivity contribution < 1.29 is 4.92 Å². The minimum Gasteiger partial charge on any atom is -0.381 e. The number of halogens is 1. The molecule has 1 aromatic carbocycles. The zero-order valence-corrected chi connectivity index (χ0v) is 12.2. The molecule has 0 spiro atoms. The number of nitrogens with zero attached hydrogens (tertiary/aromatic N) is 3. The van der Waals surface area contributed by atoms with Crippen LogP contribution in [-0.2, 0) is 13.6 Å². The van der Waals surface area contributed by atoms with Crippen molar-refractivity contribution in [3.8, 4) is 6.07 Å². The molecule has 1 N–H and O–H groups in total. The van der Waals surface area contributed by atoms with E-state index in [-0.39, 0.29) is 5.69 Å². The highest BCUT2D eigenvalue weighted by atomic mass is 79.9. The van der Waals surface area contributed by atoms with E-state index in [1.54, 1.807) is 22.8 Å². The van der Waals surface area contributed by atoms with Crippen molar-refractivity contribution in [2.75, 3.05) is 5.32 Å². The topological polar surface area (TPSA) is 83.9 Å². The molecule has 2 aromatic rings. The van der Waals surface area contributed by atoms with Crippen molar-refractivity contribution in [3.63, 3.8) is 0 Å². The molecule has 0 unspecified atom stereocenters. The van der Waals surface area contributed by atoms with Gasteiger partial charge in [0.25, 0.3) is 5.69 Å². The van der Waals surface area contributed by atoms with Crippen LogP contribution in [0.3, 0.4) is 0 Å². The summed E-state index contributed by atoms with van der Waals surface area (Å²) in [7, 11) is 1.81. The summed E-state index contributed by atoms with van der Waals surface area (Å²) >= 11 is 3.17. The third-order valence-electron chi connectivity index (χ3n) is 2.82. The molecular formula is C13H11BrN4O2. The van der Waals surface area contributed by atoms with Gasteiger partial charge in [0.2, 0.25) is 0 Å². The molecule has 7 heteroatoms. The number of hydrogen-bond donors (Lipinski definition) is 1. The molecule has 0 saturated heterocycles. The first-order valence-electron chi connectivity index (χ1n) is 5.74. The summed E-state index contributed by atoms with van der Waals surface area (Å²) in [4.78, 5) is 10.3. The average molecular weight is 335 g/mol. The third kappa shape index (κ3) is 2.97. The van der Waals surface area contributed by atoms with Gasteiger partial charge in [0.15, 0.2) is 0 Å². The molecule has 0 aliphatic carbocycles. The summed E-state index contributed by atoms with van der Waals surface area (Å²) in [6.07, 6.45) is 1.87. The Balaban J connectivity index is 2.09. The predicted molar refractivity (Wildman–Crippen MR) is 78.3 cm³/mol. The Morgan fingerprint density at radius 1 is 1.50 bits per heavy atom.